The molecule has 2 heterocycles. The molecule has 2 rings (SSSR count). The van der Waals surface area contributed by atoms with Crippen molar-refractivity contribution >= 4 is 11.6 Å². The first-order valence-corrected chi connectivity index (χ1v) is 5.26. The molecule has 0 aliphatic carbocycles. The Morgan fingerprint density at radius 2 is 2.39 bits per heavy atom. The van der Waals surface area contributed by atoms with Crippen LogP contribution in [0, 0.1) is 11.3 Å². The summed E-state index contributed by atoms with van der Waals surface area (Å²) in [5, 5.41) is 8.71. The topological polar surface area (TPSA) is 84.5 Å². The van der Waals surface area contributed by atoms with Gasteiger partial charge < -0.3 is 4.74 Å². The molecule has 0 radical (unpaired) electrons. The summed E-state index contributed by atoms with van der Waals surface area (Å²) >= 11 is 0. The van der Waals surface area contributed by atoms with Crippen LogP contribution < -0.4 is 5.56 Å². The fourth-order valence-corrected chi connectivity index (χ4v) is 1.49. The zero-order valence-corrected chi connectivity index (χ0v) is 9.58. The summed E-state index contributed by atoms with van der Waals surface area (Å²) in [6, 6.07) is 4.66. The smallest absolute Gasteiger partial charge is 0.338 e. The molecule has 18 heavy (non-hydrogen) atoms. The molecular formula is C12H9N3O3. The Bertz CT molecular complexity index is 713. The lowest BCUT2D eigenvalue weighted by atomic mass is 10.2. The number of carbonyl (C=O) groups excluding carboxylic acids is 1. The van der Waals surface area contributed by atoms with Crippen molar-refractivity contribution in [3.63, 3.8) is 0 Å². The van der Waals surface area contributed by atoms with Crippen LogP contribution in [-0.4, -0.2) is 22.0 Å². The third kappa shape index (κ3) is 1.94. The average molecular weight is 243 g/mol. The molecule has 0 saturated carbocycles. The van der Waals surface area contributed by atoms with Crippen LogP contribution in [0.3, 0.4) is 0 Å². The van der Waals surface area contributed by atoms with Crippen molar-refractivity contribution in [1.82, 2.24) is 9.38 Å². The van der Waals surface area contributed by atoms with Crippen LogP contribution in [0.1, 0.15) is 22.8 Å². The van der Waals surface area contributed by atoms with E-state index in [9.17, 15) is 9.59 Å². The first-order valence-electron chi connectivity index (χ1n) is 5.26. The molecule has 0 fully saturated rings. The first kappa shape index (κ1) is 11.8. The summed E-state index contributed by atoms with van der Waals surface area (Å²) in [5.41, 5.74) is 0.104. The van der Waals surface area contributed by atoms with Crippen molar-refractivity contribution in [2.24, 2.45) is 0 Å². The highest BCUT2D eigenvalue weighted by atomic mass is 16.5. The lowest BCUT2D eigenvalue weighted by molar-refractivity contribution is 0.0526. The Morgan fingerprint density at radius 3 is 3.06 bits per heavy atom. The van der Waals surface area contributed by atoms with E-state index in [4.69, 9.17) is 10.00 Å². The van der Waals surface area contributed by atoms with Crippen LogP contribution in [0.2, 0.25) is 0 Å². The minimum atomic E-state index is -0.474. The van der Waals surface area contributed by atoms with E-state index in [2.05, 4.69) is 4.98 Å². The molecule has 2 aromatic heterocycles. The average Bonchev–Trinajstić information content (AvgIpc) is 2.39. The molecule has 2 aromatic rings. The molecule has 0 N–H and O–H groups in total. The van der Waals surface area contributed by atoms with E-state index < -0.39 is 11.5 Å². The Labute approximate surface area is 102 Å². The monoisotopic (exact) mass is 243 g/mol. The van der Waals surface area contributed by atoms with Crippen molar-refractivity contribution in [2.75, 3.05) is 6.61 Å². The highest BCUT2D eigenvalue weighted by Crippen LogP contribution is 2.05. The van der Waals surface area contributed by atoms with E-state index in [1.807, 2.05) is 0 Å². The molecule has 0 atom stereocenters. The van der Waals surface area contributed by atoms with E-state index in [-0.39, 0.29) is 12.2 Å². The molecule has 0 aromatic carbocycles. The number of esters is 1. The van der Waals surface area contributed by atoms with Crippen LogP contribution in [0.25, 0.3) is 5.65 Å². The predicted octanol–water partition coefficient (Wildman–Crippen LogP) is 0.743. The molecule has 6 heteroatoms. The Hall–Kier alpha value is -2.68. The molecule has 0 amide bonds. The maximum absolute atomic E-state index is 11.8. The van der Waals surface area contributed by atoms with Crippen molar-refractivity contribution in [3.05, 3.63) is 46.0 Å². The largest absolute Gasteiger partial charge is 0.462 e. The number of fused-ring (bicyclic) bond motifs is 1. The van der Waals surface area contributed by atoms with E-state index in [0.29, 0.717) is 11.2 Å². The van der Waals surface area contributed by atoms with Gasteiger partial charge in [0.15, 0.2) is 0 Å². The van der Waals surface area contributed by atoms with Gasteiger partial charge in [0.25, 0.3) is 5.56 Å². The quantitative estimate of drug-likeness (QED) is 0.726. The van der Waals surface area contributed by atoms with Crippen LogP contribution in [0.15, 0.2) is 29.3 Å². The highest BCUT2D eigenvalue weighted by molar-refractivity contribution is 5.90. The Morgan fingerprint density at radius 1 is 1.61 bits per heavy atom. The van der Waals surface area contributed by atoms with E-state index >= 15 is 0 Å². The fourth-order valence-electron chi connectivity index (χ4n) is 1.49. The number of nitrogens with zero attached hydrogens (tertiary/aromatic N) is 3. The molecule has 0 bridgehead atoms. The van der Waals surface area contributed by atoms with Crippen molar-refractivity contribution < 1.29 is 9.53 Å². The summed E-state index contributed by atoms with van der Waals surface area (Å²) in [6.45, 7) is 1.98. The van der Waals surface area contributed by atoms with E-state index in [0.717, 1.165) is 0 Å². The van der Waals surface area contributed by atoms with Gasteiger partial charge in [0.05, 0.1) is 18.4 Å². The van der Waals surface area contributed by atoms with Gasteiger partial charge in [-0.15, -0.1) is 0 Å². The van der Waals surface area contributed by atoms with Gasteiger partial charge in [0.1, 0.15) is 17.3 Å². The number of ether oxygens (including phenoxy) is 1. The third-order valence-electron chi connectivity index (χ3n) is 2.34. The number of nitriles is 1. The van der Waals surface area contributed by atoms with Crippen LogP contribution in [0.5, 0.6) is 0 Å². The maximum atomic E-state index is 11.8. The van der Waals surface area contributed by atoms with Gasteiger partial charge in [-0.25, -0.2) is 9.78 Å². The summed E-state index contributed by atoms with van der Waals surface area (Å²) in [4.78, 5) is 27.2. The SMILES string of the molecule is CCOC(=O)c1ccn2c(=O)c(C#N)cnc2c1. The zero-order chi connectivity index (χ0) is 13.1. The maximum Gasteiger partial charge on any atom is 0.338 e. The van der Waals surface area contributed by atoms with Crippen molar-refractivity contribution in [1.29, 1.82) is 5.26 Å². The lowest BCUT2D eigenvalue weighted by Crippen LogP contribution is -2.18. The van der Waals surface area contributed by atoms with Gasteiger partial charge in [-0.3, -0.25) is 9.20 Å². The third-order valence-corrected chi connectivity index (χ3v) is 2.34. The van der Waals surface area contributed by atoms with Gasteiger partial charge in [-0.1, -0.05) is 0 Å². The molecular weight excluding hydrogens is 234 g/mol. The summed E-state index contributed by atoms with van der Waals surface area (Å²) in [7, 11) is 0. The minimum absolute atomic E-state index is 0.0450. The second kappa shape index (κ2) is 4.67. The van der Waals surface area contributed by atoms with Gasteiger partial charge in [-0.05, 0) is 19.1 Å². The van der Waals surface area contributed by atoms with Gasteiger partial charge in [-0.2, -0.15) is 5.26 Å². The van der Waals surface area contributed by atoms with Crippen LogP contribution >= 0.6 is 0 Å². The van der Waals surface area contributed by atoms with Gasteiger partial charge in [0.2, 0.25) is 0 Å². The highest BCUT2D eigenvalue weighted by Gasteiger charge is 2.09. The van der Waals surface area contributed by atoms with Gasteiger partial charge >= 0.3 is 5.97 Å². The van der Waals surface area contributed by atoms with Crippen molar-refractivity contribution in [3.8, 4) is 6.07 Å². The summed E-state index contributed by atoms with van der Waals surface area (Å²) in [6.07, 6.45) is 2.59. The molecule has 6 nitrogen and oxygen atoms in total. The molecule has 0 spiro atoms. The van der Waals surface area contributed by atoms with Crippen LogP contribution in [-0.2, 0) is 4.74 Å². The number of pyridine rings is 1. The van der Waals surface area contributed by atoms with E-state index in [1.165, 1.54) is 28.9 Å². The predicted molar refractivity (Wildman–Crippen MR) is 62.1 cm³/mol. The molecule has 0 saturated heterocycles. The van der Waals surface area contributed by atoms with E-state index in [1.54, 1.807) is 13.0 Å². The second-order valence-electron chi connectivity index (χ2n) is 3.45. The summed E-state index contributed by atoms with van der Waals surface area (Å²) < 4.78 is 6.06. The summed E-state index contributed by atoms with van der Waals surface area (Å²) in [5.74, 6) is -0.474. The zero-order valence-electron chi connectivity index (χ0n) is 9.58. The molecule has 0 unspecified atom stereocenters. The number of rotatable bonds is 2. The number of hydrogen-bond donors (Lipinski definition) is 0. The van der Waals surface area contributed by atoms with Crippen molar-refractivity contribution in [2.45, 2.75) is 6.92 Å². The number of carbonyl (C=O) groups is 1. The Kier molecular flexibility index (Phi) is 3.06. The van der Waals surface area contributed by atoms with Gasteiger partial charge in [0, 0.05) is 6.20 Å². The number of hydrogen-bond acceptors (Lipinski definition) is 5. The Balaban J connectivity index is 2.59. The molecule has 0 aliphatic rings. The number of aromatic nitrogens is 2. The van der Waals surface area contributed by atoms with Crippen LogP contribution in [0.4, 0.5) is 0 Å². The minimum Gasteiger partial charge on any atom is -0.462 e. The second-order valence-corrected chi connectivity index (χ2v) is 3.45. The normalized spacial score (nSPS) is 10.0. The molecule has 0 aliphatic heterocycles. The lowest BCUT2D eigenvalue weighted by Gasteiger charge is -2.04. The fraction of sp³-hybridized carbons (Fsp3) is 0.167. The standard InChI is InChI=1S/C12H9N3O3/c1-2-18-12(17)8-3-4-15-10(5-8)14-7-9(6-13)11(15)16/h3-5,7H,2H2,1H3. The molecule has 90 valence electrons. The first-order chi connectivity index (χ1) is 8.67.